The third kappa shape index (κ3) is 6.85. The molecule has 0 bridgehead atoms. The second-order valence-corrected chi connectivity index (χ2v) is 9.79. The third-order valence-electron chi connectivity index (χ3n) is 6.39. The normalized spacial score (nSPS) is 15.1. The van der Waals surface area contributed by atoms with Crippen LogP contribution in [-0.2, 0) is 9.53 Å². The lowest BCUT2D eigenvalue weighted by atomic mass is 9.97. The van der Waals surface area contributed by atoms with Gasteiger partial charge in [-0.25, -0.2) is 9.59 Å². The highest BCUT2D eigenvalue weighted by atomic mass is 16.5. The van der Waals surface area contributed by atoms with Crippen molar-refractivity contribution in [2.75, 3.05) is 20.1 Å². The maximum atomic E-state index is 13.1. The van der Waals surface area contributed by atoms with Crippen molar-refractivity contribution in [3.05, 3.63) is 102 Å². The zero-order valence-electron chi connectivity index (χ0n) is 23.2. The number of para-hydroxylation sites is 1. The monoisotopic (exact) mass is 542 g/mol. The number of nitrogens with zero attached hydrogens (tertiary/aromatic N) is 3. The number of hydrogen-bond acceptors (Lipinski definition) is 6. The Kier molecular flexibility index (Phi) is 9.16. The minimum absolute atomic E-state index is 0.146. The Balaban J connectivity index is 1.42. The predicted molar refractivity (Wildman–Crippen MR) is 151 cm³/mol. The molecule has 0 saturated heterocycles. The molecule has 0 aliphatic carbocycles. The summed E-state index contributed by atoms with van der Waals surface area (Å²) in [7, 11) is 1.72. The van der Waals surface area contributed by atoms with Crippen LogP contribution in [0.25, 0.3) is 0 Å². The van der Waals surface area contributed by atoms with Crippen LogP contribution in [-0.4, -0.2) is 58.9 Å². The molecule has 1 atom stereocenters. The number of aromatic nitrogens is 1. The van der Waals surface area contributed by atoms with Gasteiger partial charge in [-0.2, -0.15) is 0 Å². The van der Waals surface area contributed by atoms with E-state index in [0.29, 0.717) is 47.8 Å². The number of allylic oxidation sites excluding steroid dienone is 1. The lowest BCUT2D eigenvalue weighted by Gasteiger charge is -2.37. The summed E-state index contributed by atoms with van der Waals surface area (Å²) in [5.41, 5.74) is 1.88. The number of benzene rings is 2. The van der Waals surface area contributed by atoms with Crippen molar-refractivity contribution in [3.63, 3.8) is 0 Å². The van der Waals surface area contributed by atoms with E-state index >= 15 is 0 Å². The molecule has 1 aliphatic heterocycles. The van der Waals surface area contributed by atoms with Crippen LogP contribution in [0.3, 0.4) is 0 Å². The summed E-state index contributed by atoms with van der Waals surface area (Å²) in [4.78, 5) is 46.8. The Morgan fingerprint density at radius 2 is 1.68 bits per heavy atom. The Morgan fingerprint density at radius 3 is 2.33 bits per heavy atom. The molecule has 0 saturated carbocycles. The number of amides is 3. The molecule has 40 heavy (non-hydrogen) atoms. The summed E-state index contributed by atoms with van der Waals surface area (Å²) in [5, 5.41) is 2.79. The van der Waals surface area contributed by atoms with Crippen molar-refractivity contribution in [3.8, 4) is 11.5 Å². The number of hydrogen-bond donors (Lipinski definition) is 1. The maximum Gasteiger partial charge on any atom is 0.338 e. The molecule has 3 amide bonds. The molecule has 1 unspecified atom stereocenters. The van der Waals surface area contributed by atoms with Crippen molar-refractivity contribution >= 4 is 17.9 Å². The second kappa shape index (κ2) is 12.9. The second-order valence-electron chi connectivity index (χ2n) is 9.79. The Labute approximate surface area is 234 Å². The average molecular weight is 543 g/mol. The summed E-state index contributed by atoms with van der Waals surface area (Å²) >= 11 is 0. The minimum atomic E-state index is -0.709. The summed E-state index contributed by atoms with van der Waals surface area (Å²) < 4.78 is 11.3. The summed E-state index contributed by atoms with van der Waals surface area (Å²) in [6, 6.07) is 20.7. The number of ether oxygens (including phenoxy) is 2. The first-order chi connectivity index (χ1) is 19.2. The van der Waals surface area contributed by atoms with Gasteiger partial charge < -0.3 is 24.6 Å². The van der Waals surface area contributed by atoms with Gasteiger partial charge in [0.15, 0.2) is 0 Å². The van der Waals surface area contributed by atoms with E-state index in [1.165, 1.54) is 0 Å². The van der Waals surface area contributed by atoms with E-state index in [4.69, 9.17) is 9.47 Å². The molecule has 1 aromatic heterocycles. The fourth-order valence-electron chi connectivity index (χ4n) is 4.49. The van der Waals surface area contributed by atoms with Crippen molar-refractivity contribution in [1.82, 2.24) is 20.1 Å². The van der Waals surface area contributed by atoms with E-state index in [9.17, 15) is 14.4 Å². The largest absolute Gasteiger partial charge is 0.459 e. The SMILES string of the molecule is CC1=C(C(=O)OC(C)C)C(c2ccccn2)N(CCCN(C)C(=O)c2ccc(Oc3ccccc3)cc2)C(=O)N1. The lowest BCUT2D eigenvalue weighted by Crippen LogP contribution is -2.49. The molecule has 9 nitrogen and oxygen atoms in total. The first-order valence-electron chi connectivity index (χ1n) is 13.2. The third-order valence-corrected chi connectivity index (χ3v) is 6.39. The fourth-order valence-corrected chi connectivity index (χ4v) is 4.49. The maximum absolute atomic E-state index is 13.1. The lowest BCUT2D eigenvalue weighted by molar-refractivity contribution is -0.143. The quantitative estimate of drug-likeness (QED) is 0.348. The van der Waals surface area contributed by atoms with E-state index in [1.54, 1.807) is 80.2 Å². The Morgan fingerprint density at radius 1 is 1.00 bits per heavy atom. The number of pyridine rings is 1. The molecule has 2 aromatic carbocycles. The molecule has 2 heterocycles. The van der Waals surface area contributed by atoms with Crippen LogP contribution in [0.15, 0.2) is 90.3 Å². The number of urea groups is 1. The molecule has 9 heteroatoms. The zero-order valence-corrected chi connectivity index (χ0v) is 23.2. The van der Waals surface area contributed by atoms with Gasteiger partial charge in [-0.15, -0.1) is 0 Å². The number of nitrogens with one attached hydrogen (secondary N) is 1. The molecule has 0 spiro atoms. The van der Waals surface area contributed by atoms with Crippen LogP contribution < -0.4 is 10.1 Å². The van der Waals surface area contributed by atoms with Crippen molar-refractivity contribution in [2.45, 2.75) is 39.3 Å². The summed E-state index contributed by atoms with van der Waals surface area (Å²) in [6.45, 7) is 5.93. The Hall–Kier alpha value is -4.66. The van der Waals surface area contributed by atoms with E-state index < -0.39 is 12.0 Å². The minimum Gasteiger partial charge on any atom is -0.459 e. The van der Waals surface area contributed by atoms with Gasteiger partial charge in [0.1, 0.15) is 17.5 Å². The number of rotatable bonds is 10. The molecule has 0 fully saturated rings. The van der Waals surface area contributed by atoms with Crippen LogP contribution in [0.5, 0.6) is 11.5 Å². The van der Waals surface area contributed by atoms with Crippen molar-refractivity contribution < 1.29 is 23.9 Å². The van der Waals surface area contributed by atoms with Gasteiger partial charge in [0.05, 0.1) is 17.4 Å². The molecule has 1 N–H and O–H groups in total. The molecule has 4 rings (SSSR count). The molecular weight excluding hydrogens is 508 g/mol. The number of carbonyl (C=O) groups excluding carboxylic acids is 3. The highest BCUT2D eigenvalue weighted by molar-refractivity contribution is 5.95. The number of carbonyl (C=O) groups is 3. The van der Waals surface area contributed by atoms with Crippen LogP contribution in [0.2, 0.25) is 0 Å². The average Bonchev–Trinajstić information content (AvgIpc) is 2.94. The first-order valence-corrected chi connectivity index (χ1v) is 13.2. The highest BCUT2D eigenvalue weighted by Gasteiger charge is 2.39. The van der Waals surface area contributed by atoms with Gasteiger partial charge in [-0.05, 0) is 75.7 Å². The topological polar surface area (TPSA) is 101 Å². The summed E-state index contributed by atoms with van der Waals surface area (Å²) in [5.74, 6) is 0.708. The smallest absolute Gasteiger partial charge is 0.338 e. The van der Waals surface area contributed by atoms with Gasteiger partial charge in [0.2, 0.25) is 0 Å². The van der Waals surface area contributed by atoms with Crippen molar-refractivity contribution in [1.29, 1.82) is 0 Å². The van der Waals surface area contributed by atoms with E-state index in [1.807, 2.05) is 36.4 Å². The van der Waals surface area contributed by atoms with Gasteiger partial charge in [0.25, 0.3) is 5.91 Å². The van der Waals surface area contributed by atoms with Gasteiger partial charge >= 0.3 is 12.0 Å². The van der Waals surface area contributed by atoms with Gasteiger partial charge in [-0.3, -0.25) is 9.78 Å². The molecule has 1 aliphatic rings. The van der Waals surface area contributed by atoms with Crippen LogP contribution >= 0.6 is 0 Å². The van der Waals surface area contributed by atoms with E-state index in [2.05, 4.69) is 10.3 Å². The standard InChI is InChI=1S/C31H34N4O5/c1-21(2)39-30(37)27-22(3)33-31(38)35(28(27)26-13-8-9-18-32-26)20-10-19-34(4)29(36)23-14-16-25(17-15-23)40-24-11-6-5-7-12-24/h5-9,11-18,21,28H,10,19-20H2,1-4H3,(H,33,38). The summed E-state index contributed by atoms with van der Waals surface area (Å²) in [6.07, 6.45) is 1.80. The molecule has 0 radical (unpaired) electrons. The van der Waals surface area contributed by atoms with E-state index in [0.717, 1.165) is 5.75 Å². The Bertz CT molecular complexity index is 1360. The number of esters is 1. The van der Waals surface area contributed by atoms with Crippen molar-refractivity contribution in [2.24, 2.45) is 0 Å². The molecular formula is C31H34N4O5. The highest BCUT2D eigenvalue weighted by Crippen LogP contribution is 2.33. The molecule has 3 aromatic rings. The zero-order chi connectivity index (χ0) is 28.6. The predicted octanol–water partition coefficient (Wildman–Crippen LogP) is 5.33. The van der Waals surface area contributed by atoms with Gasteiger partial charge in [-0.1, -0.05) is 24.3 Å². The van der Waals surface area contributed by atoms with Crippen LogP contribution in [0, 0.1) is 0 Å². The van der Waals surface area contributed by atoms with Crippen LogP contribution in [0.1, 0.15) is 49.3 Å². The first kappa shape index (κ1) is 28.4. The van der Waals surface area contributed by atoms with E-state index in [-0.39, 0.29) is 18.0 Å². The fraction of sp³-hybridized carbons (Fsp3) is 0.290. The van der Waals surface area contributed by atoms with Crippen LogP contribution in [0.4, 0.5) is 4.79 Å². The molecule has 208 valence electrons. The van der Waals surface area contributed by atoms with Gasteiger partial charge in [0, 0.05) is 37.6 Å².